The summed E-state index contributed by atoms with van der Waals surface area (Å²) in [4.78, 5) is 2.89. The van der Waals surface area contributed by atoms with Crippen LogP contribution in [-0.4, -0.2) is 7.05 Å². The van der Waals surface area contributed by atoms with Crippen LogP contribution in [0.2, 0.25) is 0 Å². The average Bonchev–Trinajstić information content (AvgIpc) is 2.87. The van der Waals surface area contributed by atoms with Crippen molar-refractivity contribution in [2.24, 2.45) is 0 Å². The van der Waals surface area contributed by atoms with Gasteiger partial charge >= 0.3 is 0 Å². The minimum Gasteiger partial charge on any atom is -0.312 e. The highest BCUT2D eigenvalue weighted by Crippen LogP contribution is 2.26. The van der Waals surface area contributed by atoms with Crippen molar-refractivity contribution in [3.8, 4) is 0 Å². The average molecular weight is 324 g/mol. The molecule has 0 saturated carbocycles. The van der Waals surface area contributed by atoms with E-state index < -0.39 is 0 Å². The molecular formula is C15H18BrNS. The molecule has 2 rings (SSSR count). The monoisotopic (exact) mass is 323 g/mol. The predicted molar refractivity (Wildman–Crippen MR) is 83.3 cm³/mol. The topological polar surface area (TPSA) is 12.0 Å². The van der Waals surface area contributed by atoms with Gasteiger partial charge in [-0.15, -0.1) is 11.3 Å². The maximum Gasteiger partial charge on any atom is 0.0453 e. The summed E-state index contributed by atoms with van der Waals surface area (Å²) in [6, 6.07) is 13.5. The number of likely N-dealkylation sites (N-methyl/N-ethyl adjacent to an activating group) is 1. The van der Waals surface area contributed by atoms with Crippen LogP contribution in [0, 0.1) is 0 Å². The first-order valence-corrected chi connectivity index (χ1v) is 7.84. The third-order valence-corrected chi connectivity index (χ3v) is 4.95. The molecule has 1 atom stereocenters. The highest BCUT2D eigenvalue weighted by atomic mass is 79.9. The Labute approximate surface area is 121 Å². The van der Waals surface area contributed by atoms with Gasteiger partial charge in [0.2, 0.25) is 0 Å². The molecule has 1 heterocycles. The number of hydrogen-bond donors (Lipinski definition) is 1. The summed E-state index contributed by atoms with van der Waals surface area (Å²) in [6.07, 6.45) is 2.16. The number of aryl methyl sites for hydroxylation is 1. The summed E-state index contributed by atoms with van der Waals surface area (Å²) in [5, 5.41) is 3.42. The zero-order valence-corrected chi connectivity index (χ0v) is 13.1. The molecule has 1 aromatic heterocycles. The third kappa shape index (κ3) is 3.44. The fraction of sp³-hybridized carbons (Fsp3) is 0.333. The van der Waals surface area contributed by atoms with Gasteiger partial charge in [0.05, 0.1) is 0 Å². The Hall–Kier alpha value is -0.640. The molecule has 0 fully saturated rings. The van der Waals surface area contributed by atoms with E-state index in [0.29, 0.717) is 6.04 Å². The van der Waals surface area contributed by atoms with Gasteiger partial charge in [0.25, 0.3) is 0 Å². The van der Waals surface area contributed by atoms with E-state index in [2.05, 4.69) is 64.6 Å². The summed E-state index contributed by atoms with van der Waals surface area (Å²) >= 11 is 5.39. The van der Waals surface area contributed by atoms with Crippen LogP contribution in [0.3, 0.4) is 0 Å². The Morgan fingerprint density at radius 2 is 1.89 bits per heavy atom. The first kappa shape index (κ1) is 13.8. The highest BCUT2D eigenvalue weighted by molar-refractivity contribution is 9.10. The van der Waals surface area contributed by atoms with E-state index in [0.717, 1.165) is 17.3 Å². The Morgan fingerprint density at radius 3 is 2.44 bits per heavy atom. The van der Waals surface area contributed by atoms with Gasteiger partial charge in [0.15, 0.2) is 0 Å². The first-order valence-electron chi connectivity index (χ1n) is 6.23. The number of nitrogens with one attached hydrogen (secondary N) is 1. The highest BCUT2D eigenvalue weighted by Gasteiger charge is 2.12. The molecule has 1 aromatic carbocycles. The molecule has 3 heteroatoms. The zero-order chi connectivity index (χ0) is 13.0. The molecule has 18 heavy (non-hydrogen) atoms. The Balaban J connectivity index is 2.11. The van der Waals surface area contributed by atoms with Gasteiger partial charge in [-0.25, -0.2) is 0 Å². The molecule has 0 aliphatic rings. The Bertz CT molecular complexity index is 489. The normalized spacial score (nSPS) is 12.6. The van der Waals surface area contributed by atoms with Crippen molar-refractivity contribution >= 4 is 27.3 Å². The molecule has 1 unspecified atom stereocenters. The summed E-state index contributed by atoms with van der Waals surface area (Å²) in [6.45, 7) is 2.21. The maximum atomic E-state index is 3.47. The standard InChI is InChI=1S/C15H18BrNS/c1-3-13-8-9-15(18-13)14(17-2)10-11-4-6-12(16)7-5-11/h4-9,14,17H,3,10H2,1-2H3. The van der Waals surface area contributed by atoms with Gasteiger partial charge in [-0.3, -0.25) is 0 Å². The fourth-order valence-corrected chi connectivity index (χ4v) is 3.30. The van der Waals surface area contributed by atoms with Crippen LogP contribution in [0.15, 0.2) is 40.9 Å². The second-order valence-electron chi connectivity index (χ2n) is 4.33. The van der Waals surface area contributed by atoms with Gasteiger partial charge in [-0.1, -0.05) is 35.0 Å². The second kappa shape index (κ2) is 6.50. The number of thiophene rings is 1. The van der Waals surface area contributed by atoms with E-state index in [9.17, 15) is 0 Å². The van der Waals surface area contributed by atoms with Crippen LogP contribution in [0.25, 0.3) is 0 Å². The Morgan fingerprint density at radius 1 is 1.17 bits per heavy atom. The largest absolute Gasteiger partial charge is 0.312 e. The molecular weight excluding hydrogens is 306 g/mol. The van der Waals surface area contributed by atoms with E-state index >= 15 is 0 Å². The van der Waals surface area contributed by atoms with Crippen molar-refractivity contribution in [1.82, 2.24) is 5.32 Å². The van der Waals surface area contributed by atoms with E-state index in [4.69, 9.17) is 0 Å². The van der Waals surface area contributed by atoms with Gasteiger partial charge < -0.3 is 5.32 Å². The first-order chi connectivity index (χ1) is 8.72. The van der Waals surface area contributed by atoms with Crippen molar-refractivity contribution in [2.75, 3.05) is 7.05 Å². The molecule has 0 spiro atoms. The summed E-state index contributed by atoms with van der Waals surface area (Å²) in [5.41, 5.74) is 1.36. The number of halogens is 1. The van der Waals surface area contributed by atoms with Crippen LogP contribution < -0.4 is 5.32 Å². The molecule has 1 N–H and O–H groups in total. The molecule has 0 aliphatic carbocycles. The molecule has 0 saturated heterocycles. The van der Waals surface area contributed by atoms with Crippen molar-refractivity contribution < 1.29 is 0 Å². The van der Waals surface area contributed by atoms with Crippen molar-refractivity contribution in [1.29, 1.82) is 0 Å². The molecule has 1 nitrogen and oxygen atoms in total. The van der Waals surface area contributed by atoms with Crippen LogP contribution in [-0.2, 0) is 12.8 Å². The lowest BCUT2D eigenvalue weighted by Crippen LogP contribution is -2.17. The second-order valence-corrected chi connectivity index (χ2v) is 6.45. The van der Waals surface area contributed by atoms with Gasteiger partial charge in [0, 0.05) is 20.3 Å². The smallest absolute Gasteiger partial charge is 0.0453 e. The quantitative estimate of drug-likeness (QED) is 0.849. The van der Waals surface area contributed by atoms with Crippen LogP contribution in [0.1, 0.15) is 28.3 Å². The maximum absolute atomic E-state index is 3.47. The summed E-state index contributed by atoms with van der Waals surface area (Å²) in [5.74, 6) is 0. The molecule has 2 aromatic rings. The van der Waals surface area contributed by atoms with Gasteiger partial charge in [-0.2, -0.15) is 0 Å². The Kier molecular flexibility index (Phi) is 4.98. The van der Waals surface area contributed by atoms with Crippen molar-refractivity contribution in [2.45, 2.75) is 25.8 Å². The van der Waals surface area contributed by atoms with Gasteiger partial charge in [-0.05, 0) is 49.7 Å². The summed E-state index contributed by atoms with van der Waals surface area (Å²) < 4.78 is 1.14. The lowest BCUT2D eigenvalue weighted by atomic mass is 10.1. The van der Waals surface area contributed by atoms with E-state index in [-0.39, 0.29) is 0 Å². The minimum absolute atomic E-state index is 0.413. The number of hydrogen-bond acceptors (Lipinski definition) is 2. The molecule has 0 aliphatic heterocycles. The molecule has 0 bridgehead atoms. The minimum atomic E-state index is 0.413. The lowest BCUT2D eigenvalue weighted by Gasteiger charge is -2.14. The molecule has 0 amide bonds. The number of benzene rings is 1. The zero-order valence-electron chi connectivity index (χ0n) is 10.7. The van der Waals surface area contributed by atoms with Crippen LogP contribution in [0.5, 0.6) is 0 Å². The van der Waals surface area contributed by atoms with E-state index in [1.165, 1.54) is 15.3 Å². The lowest BCUT2D eigenvalue weighted by molar-refractivity contribution is 0.602. The molecule has 0 radical (unpaired) electrons. The van der Waals surface area contributed by atoms with Crippen molar-refractivity contribution in [3.05, 3.63) is 56.2 Å². The summed E-state index contributed by atoms with van der Waals surface area (Å²) in [7, 11) is 2.04. The number of rotatable bonds is 5. The predicted octanol–water partition coefficient (Wildman–Crippen LogP) is 4.58. The van der Waals surface area contributed by atoms with Crippen LogP contribution >= 0.6 is 27.3 Å². The SMILES string of the molecule is CCc1ccc(C(Cc2ccc(Br)cc2)NC)s1. The van der Waals surface area contributed by atoms with E-state index in [1.54, 1.807) is 0 Å². The van der Waals surface area contributed by atoms with E-state index in [1.807, 2.05) is 18.4 Å². The fourth-order valence-electron chi connectivity index (χ4n) is 1.97. The van der Waals surface area contributed by atoms with Crippen LogP contribution in [0.4, 0.5) is 0 Å². The van der Waals surface area contributed by atoms with Gasteiger partial charge in [0.1, 0.15) is 0 Å². The van der Waals surface area contributed by atoms with Crippen molar-refractivity contribution in [3.63, 3.8) is 0 Å². The third-order valence-electron chi connectivity index (χ3n) is 3.08. The molecule has 96 valence electrons.